The molecule has 3 nitrogen and oxygen atoms in total. The number of carbonyl (C=O) groups is 2. The van der Waals surface area contributed by atoms with Crippen molar-refractivity contribution in [3.05, 3.63) is 33.8 Å². The van der Waals surface area contributed by atoms with E-state index in [4.69, 9.17) is 23.2 Å². The second kappa shape index (κ2) is 4.67. The van der Waals surface area contributed by atoms with Gasteiger partial charge in [-0.2, -0.15) is 0 Å². The molecule has 2 amide bonds. The predicted molar refractivity (Wildman–Crippen MR) is 65.8 cm³/mol. The number of halogens is 2. The number of likely N-dealkylation sites (tertiary alicyclic amines) is 1. The second-order valence-electron chi connectivity index (χ2n) is 4.14. The van der Waals surface area contributed by atoms with E-state index in [-0.39, 0.29) is 30.7 Å². The fourth-order valence-corrected chi connectivity index (χ4v) is 2.24. The van der Waals surface area contributed by atoms with Crippen LogP contribution < -0.4 is 0 Å². The zero-order chi connectivity index (χ0) is 12.6. The van der Waals surface area contributed by atoms with Crippen molar-refractivity contribution in [2.24, 2.45) is 5.92 Å². The van der Waals surface area contributed by atoms with E-state index in [0.29, 0.717) is 15.6 Å². The first-order valence-corrected chi connectivity index (χ1v) is 6.03. The standard InChI is InChI=1S/C12H11Cl2NO2/c1-7-5-10(16)15(12(7)17)6-8-3-2-4-9(13)11(8)14/h2-4,7H,5-6H2,1H3. The minimum absolute atomic E-state index is 0.147. The molecule has 90 valence electrons. The van der Waals surface area contributed by atoms with Gasteiger partial charge in [-0.3, -0.25) is 14.5 Å². The van der Waals surface area contributed by atoms with Crippen LogP contribution in [-0.4, -0.2) is 16.7 Å². The maximum absolute atomic E-state index is 11.7. The summed E-state index contributed by atoms with van der Waals surface area (Å²) in [5, 5.41) is 0.825. The molecule has 1 saturated heterocycles. The molecule has 17 heavy (non-hydrogen) atoms. The van der Waals surface area contributed by atoms with Gasteiger partial charge in [0.05, 0.1) is 16.6 Å². The van der Waals surface area contributed by atoms with Crippen LogP contribution >= 0.6 is 23.2 Å². The summed E-state index contributed by atoms with van der Waals surface area (Å²) >= 11 is 11.9. The molecule has 1 aromatic carbocycles. The molecule has 0 saturated carbocycles. The fraction of sp³-hybridized carbons (Fsp3) is 0.333. The summed E-state index contributed by atoms with van der Waals surface area (Å²) < 4.78 is 0. The van der Waals surface area contributed by atoms with Crippen molar-refractivity contribution < 1.29 is 9.59 Å². The lowest BCUT2D eigenvalue weighted by atomic mass is 10.1. The van der Waals surface area contributed by atoms with Gasteiger partial charge in [0.15, 0.2) is 0 Å². The van der Waals surface area contributed by atoms with E-state index < -0.39 is 0 Å². The van der Waals surface area contributed by atoms with Crippen LogP contribution in [0.4, 0.5) is 0 Å². The molecular formula is C12H11Cl2NO2. The van der Waals surface area contributed by atoms with Crippen molar-refractivity contribution in [2.75, 3.05) is 0 Å². The van der Waals surface area contributed by atoms with Gasteiger partial charge in [0.25, 0.3) is 0 Å². The molecule has 1 heterocycles. The van der Waals surface area contributed by atoms with Gasteiger partial charge in [-0.05, 0) is 11.6 Å². The van der Waals surface area contributed by atoms with Gasteiger partial charge in [-0.1, -0.05) is 42.3 Å². The van der Waals surface area contributed by atoms with Crippen LogP contribution in [-0.2, 0) is 16.1 Å². The third-order valence-electron chi connectivity index (χ3n) is 2.83. The highest BCUT2D eigenvalue weighted by Gasteiger charge is 2.35. The molecule has 0 bridgehead atoms. The van der Waals surface area contributed by atoms with Crippen LogP contribution in [0.1, 0.15) is 18.9 Å². The van der Waals surface area contributed by atoms with Gasteiger partial charge in [0.2, 0.25) is 11.8 Å². The topological polar surface area (TPSA) is 37.4 Å². The Morgan fingerprint density at radius 2 is 2.06 bits per heavy atom. The average molecular weight is 272 g/mol. The maximum atomic E-state index is 11.7. The Morgan fingerprint density at radius 3 is 2.65 bits per heavy atom. The van der Waals surface area contributed by atoms with E-state index in [1.807, 2.05) is 0 Å². The Bertz CT molecular complexity index is 487. The van der Waals surface area contributed by atoms with Crippen molar-refractivity contribution in [2.45, 2.75) is 19.9 Å². The summed E-state index contributed by atoms with van der Waals surface area (Å²) in [6.45, 7) is 1.95. The van der Waals surface area contributed by atoms with Crippen molar-refractivity contribution in [3.8, 4) is 0 Å². The van der Waals surface area contributed by atoms with Crippen LogP contribution in [0.2, 0.25) is 10.0 Å². The smallest absolute Gasteiger partial charge is 0.232 e. The Labute approximate surface area is 109 Å². The highest BCUT2D eigenvalue weighted by atomic mass is 35.5. The lowest BCUT2D eigenvalue weighted by molar-refractivity contribution is -0.139. The predicted octanol–water partition coefficient (Wildman–Crippen LogP) is 2.89. The highest BCUT2D eigenvalue weighted by Crippen LogP contribution is 2.28. The van der Waals surface area contributed by atoms with Crippen LogP contribution in [0, 0.1) is 5.92 Å². The summed E-state index contributed by atoms with van der Waals surface area (Å²) in [6, 6.07) is 5.18. The van der Waals surface area contributed by atoms with Gasteiger partial charge in [0, 0.05) is 12.3 Å². The molecule has 1 aromatic rings. The number of hydrogen-bond acceptors (Lipinski definition) is 2. The monoisotopic (exact) mass is 271 g/mol. The van der Waals surface area contributed by atoms with Crippen LogP contribution in [0.3, 0.4) is 0 Å². The molecule has 0 radical (unpaired) electrons. The lowest BCUT2D eigenvalue weighted by Gasteiger charge is -2.15. The molecule has 5 heteroatoms. The summed E-state index contributed by atoms with van der Waals surface area (Å²) in [5.41, 5.74) is 0.690. The Balaban J connectivity index is 2.24. The number of imide groups is 1. The summed E-state index contributed by atoms with van der Waals surface area (Å²) in [4.78, 5) is 24.6. The normalized spacial score (nSPS) is 20.2. The molecule has 2 rings (SSSR count). The number of carbonyl (C=O) groups excluding carboxylic acids is 2. The molecule has 1 fully saturated rings. The van der Waals surface area contributed by atoms with Gasteiger partial charge in [-0.15, -0.1) is 0 Å². The molecule has 1 atom stereocenters. The quantitative estimate of drug-likeness (QED) is 0.776. The fourth-order valence-electron chi connectivity index (χ4n) is 1.86. The molecule has 1 aliphatic heterocycles. The average Bonchev–Trinajstić information content (AvgIpc) is 2.51. The maximum Gasteiger partial charge on any atom is 0.232 e. The van der Waals surface area contributed by atoms with E-state index in [2.05, 4.69) is 0 Å². The first-order chi connectivity index (χ1) is 8.00. The van der Waals surface area contributed by atoms with E-state index in [1.165, 1.54) is 4.90 Å². The SMILES string of the molecule is CC1CC(=O)N(Cc2cccc(Cl)c2Cl)C1=O. The molecule has 0 aromatic heterocycles. The van der Waals surface area contributed by atoms with Crippen molar-refractivity contribution in [3.63, 3.8) is 0 Å². The van der Waals surface area contributed by atoms with E-state index in [1.54, 1.807) is 25.1 Å². The van der Waals surface area contributed by atoms with E-state index in [9.17, 15) is 9.59 Å². The van der Waals surface area contributed by atoms with Gasteiger partial charge < -0.3 is 0 Å². The summed E-state index contributed by atoms with van der Waals surface area (Å²) in [5.74, 6) is -0.537. The van der Waals surface area contributed by atoms with Crippen molar-refractivity contribution in [1.82, 2.24) is 4.90 Å². The Hall–Kier alpha value is -1.06. The minimum Gasteiger partial charge on any atom is -0.278 e. The zero-order valence-corrected chi connectivity index (χ0v) is 10.8. The largest absolute Gasteiger partial charge is 0.278 e. The number of rotatable bonds is 2. The second-order valence-corrected chi connectivity index (χ2v) is 4.92. The molecule has 1 unspecified atom stereocenters. The van der Waals surface area contributed by atoms with Crippen LogP contribution in [0.5, 0.6) is 0 Å². The van der Waals surface area contributed by atoms with Crippen molar-refractivity contribution >= 4 is 35.0 Å². The zero-order valence-electron chi connectivity index (χ0n) is 9.24. The molecule has 0 N–H and O–H groups in total. The van der Waals surface area contributed by atoms with Gasteiger partial charge >= 0.3 is 0 Å². The third kappa shape index (κ3) is 2.31. The third-order valence-corrected chi connectivity index (χ3v) is 3.69. The minimum atomic E-state index is -0.236. The first kappa shape index (κ1) is 12.4. The van der Waals surface area contributed by atoms with Crippen LogP contribution in [0.15, 0.2) is 18.2 Å². The molecular weight excluding hydrogens is 261 g/mol. The Kier molecular flexibility index (Phi) is 3.40. The van der Waals surface area contributed by atoms with Crippen LogP contribution in [0.25, 0.3) is 0 Å². The highest BCUT2D eigenvalue weighted by molar-refractivity contribution is 6.42. The lowest BCUT2D eigenvalue weighted by Crippen LogP contribution is -2.29. The number of nitrogens with zero attached hydrogens (tertiary/aromatic N) is 1. The first-order valence-electron chi connectivity index (χ1n) is 5.28. The van der Waals surface area contributed by atoms with E-state index in [0.717, 1.165) is 0 Å². The van der Waals surface area contributed by atoms with E-state index >= 15 is 0 Å². The molecule has 0 spiro atoms. The number of amides is 2. The summed E-state index contributed by atoms with van der Waals surface area (Å²) in [7, 11) is 0. The summed E-state index contributed by atoms with van der Waals surface area (Å²) in [6.07, 6.45) is 0.275. The van der Waals surface area contributed by atoms with Gasteiger partial charge in [-0.25, -0.2) is 0 Å². The molecule has 1 aliphatic rings. The number of benzene rings is 1. The van der Waals surface area contributed by atoms with Crippen molar-refractivity contribution in [1.29, 1.82) is 0 Å². The number of hydrogen-bond donors (Lipinski definition) is 0. The Morgan fingerprint density at radius 1 is 1.35 bits per heavy atom. The molecule has 0 aliphatic carbocycles. The van der Waals surface area contributed by atoms with Gasteiger partial charge in [0.1, 0.15) is 0 Å².